The monoisotopic (exact) mass is 323 g/mol. The number of nitrogens with zero attached hydrogens (tertiary/aromatic N) is 1. The molecule has 136 valence electrons. The molecule has 0 aliphatic heterocycles. The molecule has 0 aliphatic carbocycles. The van der Waals surface area contributed by atoms with E-state index in [1.54, 1.807) is 6.08 Å². The Labute approximate surface area is 145 Å². The first-order chi connectivity index (χ1) is 11.3. The molecule has 0 aromatic carbocycles. The fourth-order valence-electron chi connectivity index (χ4n) is 3.09. The second-order valence-electron chi connectivity index (χ2n) is 7.46. The lowest BCUT2D eigenvalue weighted by Gasteiger charge is -2.05. The van der Waals surface area contributed by atoms with Gasteiger partial charge in [0, 0.05) is 0 Å². The molecule has 0 fully saturated rings. The summed E-state index contributed by atoms with van der Waals surface area (Å²) in [6, 6.07) is 0. The molecule has 0 saturated heterocycles. The summed E-state index contributed by atoms with van der Waals surface area (Å²) in [6.45, 7) is 5.32. The van der Waals surface area contributed by atoms with E-state index in [1.807, 2.05) is 0 Å². The minimum absolute atomic E-state index is 0.668. The molecule has 0 atom stereocenters. The number of hydrogen-bond donors (Lipinski definition) is 0. The average molecular weight is 324 g/mol. The van der Waals surface area contributed by atoms with Crippen LogP contribution in [-0.2, 0) is 4.79 Å². The van der Waals surface area contributed by atoms with E-state index in [-0.39, 0.29) is 0 Å². The van der Waals surface area contributed by atoms with Gasteiger partial charge in [-0.3, -0.25) is 0 Å². The second-order valence-corrected chi connectivity index (χ2v) is 7.46. The molecule has 0 saturated carbocycles. The van der Waals surface area contributed by atoms with Crippen LogP contribution in [0.4, 0.5) is 0 Å². The maximum atomic E-state index is 9.90. The van der Waals surface area contributed by atoms with E-state index in [9.17, 15) is 4.79 Å². The number of rotatable bonds is 18. The number of hydrogen-bond acceptors (Lipinski definition) is 2. The summed E-state index contributed by atoms with van der Waals surface area (Å²) in [4.78, 5) is 13.5. The van der Waals surface area contributed by atoms with Crippen LogP contribution in [-0.4, -0.2) is 12.6 Å². The fourth-order valence-corrected chi connectivity index (χ4v) is 3.09. The first kappa shape index (κ1) is 22.4. The van der Waals surface area contributed by atoms with Crippen LogP contribution in [0.1, 0.15) is 117 Å². The molecule has 23 heavy (non-hydrogen) atoms. The van der Waals surface area contributed by atoms with Gasteiger partial charge >= 0.3 is 0 Å². The largest absolute Gasteiger partial charge is 0.234 e. The van der Waals surface area contributed by atoms with E-state index >= 15 is 0 Å². The van der Waals surface area contributed by atoms with Gasteiger partial charge in [-0.1, -0.05) is 110 Å². The zero-order valence-corrected chi connectivity index (χ0v) is 16.0. The molecule has 2 heteroatoms. The maximum absolute atomic E-state index is 9.90. The van der Waals surface area contributed by atoms with Crippen LogP contribution in [0.25, 0.3) is 0 Å². The minimum atomic E-state index is 0.668. The normalized spacial score (nSPS) is 10.9. The topological polar surface area (TPSA) is 29.4 Å². The molecule has 0 aliphatic rings. The van der Waals surface area contributed by atoms with E-state index in [0.717, 1.165) is 12.3 Å². The lowest BCUT2D eigenvalue weighted by atomic mass is 10.0. The minimum Gasteiger partial charge on any atom is -0.211 e. The summed E-state index contributed by atoms with van der Waals surface area (Å²) >= 11 is 0. The van der Waals surface area contributed by atoms with Crippen molar-refractivity contribution < 1.29 is 4.79 Å². The molecule has 0 aromatic rings. The molecule has 0 radical (unpaired) electrons. The Morgan fingerprint density at radius 2 is 0.957 bits per heavy atom. The van der Waals surface area contributed by atoms with Crippen molar-refractivity contribution in [3.63, 3.8) is 0 Å². The van der Waals surface area contributed by atoms with Crippen molar-refractivity contribution in [3.8, 4) is 0 Å². The summed E-state index contributed by atoms with van der Waals surface area (Å²) in [5.41, 5.74) is 0. The van der Waals surface area contributed by atoms with Crippen molar-refractivity contribution in [2.45, 2.75) is 117 Å². The molecule has 0 unspecified atom stereocenters. The lowest BCUT2D eigenvalue weighted by Crippen LogP contribution is -1.87. The molecule has 0 aromatic heterocycles. The Kier molecular flexibility index (Phi) is 18.9. The Morgan fingerprint density at radius 1 is 0.609 bits per heavy atom. The standard InChI is InChI=1S/C21H41NO/c1-21(2)18-16-14-12-10-8-6-4-3-5-7-9-11-13-15-17-19-22-20-23/h21H,3-19H2,1-2H3. The van der Waals surface area contributed by atoms with Gasteiger partial charge in [0.05, 0.1) is 6.54 Å². The third-order valence-electron chi connectivity index (χ3n) is 4.62. The van der Waals surface area contributed by atoms with Crippen LogP contribution in [0, 0.1) is 5.92 Å². The van der Waals surface area contributed by atoms with Crippen LogP contribution >= 0.6 is 0 Å². The van der Waals surface area contributed by atoms with Gasteiger partial charge in [-0.05, 0) is 12.3 Å². The van der Waals surface area contributed by atoms with Gasteiger partial charge in [0.25, 0.3) is 0 Å². The summed E-state index contributed by atoms with van der Waals surface area (Å²) in [7, 11) is 0. The van der Waals surface area contributed by atoms with Gasteiger partial charge in [-0.25, -0.2) is 9.79 Å². The van der Waals surface area contributed by atoms with E-state index in [4.69, 9.17) is 0 Å². The third kappa shape index (κ3) is 21.4. The van der Waals surface area contributed by atoms with Gasteiger partial charge in [-0.2, -0.15) is 0 Å². The highest BCUT2D eigenvalue weighted by Gasteiger charge is 1.96. The number of unbranched alkanes of at least 4 members (excludes halogenated alkanes) is 14. The first-order valence-electron chi connectivity index (χ1n) is 10.3. The molecule has 0 spiro atoms. The predicted octanol–water partition coefficient (Wildman–Crippen LogP) is 7.22. The summed E-state index contributed by atoms with van der Waals surface area (Å²) in [5, 5.41) is 0. The number of carbonyl (C=O) groups excluding carboxylic acids is 1. The maximum Gasteiger partial charge on any atom is 0.234 e. The van der Waals surface area contributed by atoms with Crippen LogP contribution in [0.2, 0.25) is 0 Å². The quantitative estimate of drug-likeness (QED) is 0.149. The first-order valence-corrected chi connectivity index (χ1v) is 10.3. The lowest BCUT2D eigenvalue weighted by molar-refractivity contribution is 0.502. The van der Waals surface area contributed by atoms with Gasteiger partial charge in [0.1, 0.15) is 0 Å². The smallest absolute Gasteiger partial charge is 0.211 e. The Morgan fingerprint density at radius 3 is 1.30 bits per heavy atom. The Hall–Kier alpha value is -0.620. The van der Waals surface area contributed by atoms with Crippen molar-refractivity contribution in [2.24, 2.45) is 10.9 Å². The molecular weight excluding hydrogens is 282 g/mol. The third-order valence-corrected chi connectivity index (χ3v) is 4.62. The number of isocyanates is 1. The van der Waals surface area contributed by atoms with Crippen LogP contribution in [0.5, 0.6) is 0 Å². The Balaban J connectivity index is 2.98. The van der Waals surface area contributed by atoms with E-state index in [0.29, 0.717) is 6.54 Å². The predicted molar refractivity (Wildman–Crippen MR) is 102 cm³/mol. The highest BCUT2D eigenvalue weighted by molar-refractivity contribution is 5.32. The fraction of sp³-hybridized carbons (Fsp3) is 0.952. The van der Waals surface area contributed by atoms with Gasteiger partial charge in [-0.15, -0.1) is 0 Å². The van der Waals surface area contributed by atoms with Crippen molar-refractivity contribution in [1.82, 2.24) is 0 Å². The summed E-state index contributed by atoms with van der Waals surface area (Å²) < 4.78 is 0. The molecule has 0 bridgehead atoms. The molecule has 0 heterocycles. The summed E-state index contributed by atoms with van der Waals surface area (Å²) in [5.74, 6) is 0.881. The zero-order chi connectivity index (χ0) is 17.0. The van der Waals surface area contributed by atoms with Crippen molar-refractivity contribution in [1.29, 1.82) is 0 Å². The number of aliphatic imine (C=N–C) groups is 1. The molecule has 0 amide bonds. The molecule has 2 nitrogen and oxygen atoms in total. The van der Waals surface area contributed by atoms with Crippen molar-refractivity contribution in [3.05, 3.63) is 0 Å². The Bertz CT molecular complexity index is 269. The molecule has 0 N–H and O–H groups in total. The molecular formula is C21H41NO. The van der Waals surface area contributed by atoms with Crippen molar-refractivity contribution >= 4 is 6.08 Å². The van der Waals surface area contributed by atoms with E-state index in [2.05, 4.69) is 18.8 Å². The van der Waals surface area contributed by atoms with Gasteiger partial charge < -0.3 is 0 Å². The average Bonchev–Trinajstić information content (AvgIpc) is 2.53. The van der Waals surface area contributed by atoms with Crippen LogP contribution < -0.4 is 0 Å². The highest BCUT2D eigenvalue weighted by Crippen LogP contribution is 2.14. The van der Waals surface area contributed by atoms with Gasteiger partial charge in [0.15, 0.2) is 0 Å². The van der Waals surface area contributed by atoms with Crippen LogP contribution in [0.3, 0.4) is 0 Å². The van der Waals surface area contributed by atoms with Crippen molar-refractivity contribution in [2.75, 3.05) is 6.54 Å². The van der Waals surface area contributed by atoms with E-state index in [1.165, 1.54) is 96.3 Å². The van der Waals surface area contributed by atoms with Crippen LogP contribution in [0.15, 0.2) is 4.99 Å². The second kappa shape index (κ2) is 19.4. The highest BCUT2D eigenvalue weighted by atomic mass is 16.1. The summed E-state index contributed by atoms with van der Waals surface area (Å²) in [6.07, 6.45) is 23.7. The van der Waals surface area contributed by atoms with E-state index < -0.39 is 0 Å². The zero-order valence-electron chi connectivity index (χ0n) is 16.0. The molecule has 0 rings (SSSR count). The van der Waals surface area contributed by atoms with Gasteiger partial charge in [0.2, 0.25) is 6.08 Å². The SMILES string of the molecule is CC(C)CCCCCCCCCCCCCCCCCN=C=O.